The Balaban J connectivity index is 2.24. The lowest BCUT2D eigenvalue weighted by molar-refractivity contribution is 0.506. The van der Waals surface area contributed by atoms with Crippen molar-refractivity contribution in [2.75, 3.05) is 0 Å². The molecule has 0 radical (unpaired) electrons. The van der Waals surface area contributed by atoms with Crippen LogP contribution in [-0.2, 0) is 0 Å². The Kier molecular flexibility index (Phi) is 3.36. The summed E-state index contributed by atoms with van der Waals surface area (Å²) in [5, 5.41) is 0.881. The zero-order valence-electron chi connectivity index (χ0n) is 7.82. The van der Waals surface area contributed by atoms with Gasteiger partial charge < -0.3 is 0 Å². The standard InChI is InChI=1S/C10H5ClF2N2S/c11-9-4-10(15-5-14-9)16-6-1-2-7(12)8(13)3-6/h1-5H. The predicted octanol–water partition coefficient (Wildman–Crippen LogP) is 3.56. The summed E-state index contributed by atoms with van der Waals surface area (Å²) >= 11 is 6.85. The Bertz CT molecular complexity index is 522. The van der Waals surface area contributed by atoms with Crippen LogP contribution in [0, 0.1) is 11.6 Å². The van der Waals surface area contributed by atoms with E-state index in [1.807, 2.05) is 0 Å². The number of hydrogen-bond acceptors (Lipinski definition) is 3. The van der Waals surface area contributed by atoms with E-state index in [1.165, 1.54) is 24.2 Å². The molecular formula is C10H5ClF2N2S. The first-order valence-electron chi connectivity index (χ1n) is 4.25. The molecule has 1 aromatic carbocycles. The van der Waals surface area contributed by atoms with Crippen molar-refractivity contribution in [3.8, 4) is 0 Å². The van der Waals surface area contributed by atoms with E-state index in [9.17, 15) is 8.78 Å². The maximum absolute atomic E-state index is 12.9. The summed E-state index contributed by atoms with van der Waals surface area (Å²) in [7, 11) is 0. The molecule has 0 bridgehead atoms. The van der Waals surface area contributed by atoms with Gasteiger partial charge in [0, 0.05) is 11.0 Å². The van der Waals surface area contributed by atoms with Crippen LogP contribution in [0.4, 0.5) is 8.78 Å². The highest BCUT2D eigenvalue weighted by Crippen LogP contribution is 2.27. The molecule has 0 aliphatic rings. The summed E-state index contributed by atoms with van der Waals surface area (Å²) in [5.41, 5.74) is 0. The van der Waals surface area contributed by atoms with Crippen molar-refractivity contribution in [3.05, 3.63) is 47.4 Å². The average Bonchev–Trinajstić information content (AvgIpc) is 2.24. The highest BCUT2D eigenvalue weighted by molar-refractivity contribution is 7.99. The van der Waals surface area contributed by atoms with Gasteiger partial charge in [0.05, 0.1) is 0 Å². The fraction of sp³-hybridized carbons (Fsp3) is 0. The molecule has 2 rings (SSSR count). The quantitative estimate of drug-likeness (QED) is 0.771. The second-order valence-corrected chi connectivity index (χ2v) is 4.34. The van der Waals surface area contributed by atoms with Crippen LogP contribution < -0.4 is 0 Å². The highest BCUT2D eigenvalue weighted by Gasteiger charge is 2.05. The number of hydrogen-bond donors (Lipinski definition) is 0. The molecule has 1 heterocycles. The molecule has 82 valence electrons. The van der Waals surface area contributed by atoms with E-state index in [-0.39, 0.29) is 0 Å². The number of nitrogens with zero attached hydrogens (tertiary/aromatic N) is 2. The molecule has 0 saturated carbocycles. The molecule has 0 aliphatic heterocycles. The van der Waals surface area contributed by atoms with Crippen LogP contribution in [0.25, 0.3) is 0 Å². The van der Waals surface area contributed by atoms with Crippen molar-refractivity contribution in [2.45, 2.75) is 9.92 Å². The normalized spacial score (nSPS) is 10.4. The lowest BCUT2D eigenvalue weighted by atomic mass is 10.3. The molecule has 0 fully saturated rings. The van der Waals surface area contributed by atoms with E-state index in [2.05, 4.69) is 9.97 Å². The summed E-state index contributed by atoms with van der Waals surface area (Å²) in [6, 6.07) is 5.20. The van der Waals surface area contributed by atoms with Crippen LogP contribution in [0.2, 0.25) is 5.15 Å². The number of halogens is 3. The second kappa shape index (κ2) is 4.76. The Hall–Kier alpha value is -1.20. The Morgan fingerprint density at radius 3 is 2.56 bits per heavy atom. The zero-order chi connectivity index (χ0) is 11.5. The average molecular weight is 259 g/mol. The third-order valence-corrected chi connectivity index (χ3v) is 2.85. The highest BCUT2D eigenvalue weighted by atomic mass is 35.5. The van der Waals surface area contributed by atoms with Crippen LogP contribution in [0.15, 0.2) is 40.5 Å². The molecule has 0 atom stereocenters. The van der Waals surface area contributed by atoms with Crippen molar-refractivity contribution in [1.29, 1.82) is 0 Å². The Labute approximate surface area is 99.7 Å². The minimum atomic E-state index is -0.884. The lowest BCUT2D eigenvalue weighted by Gasteiger charge is -2.01. The Morgan fingerprint density at radius 1 is 1.06 bits per heavy atom. The van der Waals surface area contributed by atoms with Crippen molar-refractivity contribution in [1.82, 2.24) is 9.97 Å². The summed E-state index contributed by atoms with van der Waals surface area (Å²) in [5.74, 6) is -1.75. The van der Waals surface area contributed by atoms with Crippen LogP contribution in [0.5, 0.6) is 0 Å². The van der Waals surface area contributed by atoms with Gasteiger partial charge in [0.2, 0.25) is 0 Å². The van der Waals surface area contributed by atoms with E-state index < -0.39 is 11.6 Å². The van der Waals surface area contributed by atoms with E-state index in [0.717, 1.165) is 12.1 Å². The molecule has 0 N–H and O–H groups in total. The zero-order valence-corrected chi connectivity index (χ0v) is 9.40. The van der Waals surface area contributed by atoms with Gasteiger partial charge in [-0.25, -0.2) is 18.7 Å². The van der Waals surface area contributed by atoms with Crippen molar-refractivity contribution in [3.63, 3.8) is 0 Å². The van der Waals surface area contributed by atoms with E-state index in [0.29, 0.717) is 15.1 Å². The summed E-state index contributed by atoms with van der Waals surface area (Å²) in [6.45, 7) is 0. The van der Waals surface area contributed by atoms with Crippen molar-refractivity contribution < 1.29 is 8.78 Å². The van der Waals surface area contributed by atoms with Gasteiger partial charge in [-0.1, -0.05) is 23.4 Å². The molecule has 6 heteroatoms. The van der Waals surface area contributed by atoms with Crippen LogP contribution in [0.1, 0.15) is 0 Å². The molecule has 1 aromatic heterocycles. The lowest BCUT2D eigenvalue weighted by Crippen LogP contribution is -1.85. The molecular weight excluding hydrogens is 254 g/mol. The smallest absolute Gasteiger partial charge is 0.159 e. The maximum Gasteiger partial charge on any atom is 0.159 e. The fourth-order valence-electron chi connectivity index (χ4n) is 1.03. The third-order valence-electron chi connectivity index (χ3n) is 1.72. The molecule has 0 unspecified atom stereocenters. The molecule has 0 aliphatic carbocycles. The first-order chi connectivity index (χ1) is 7.65. The van der Waals surface area contributed by atoms with Gasteiger partial charge in [0.25, 0.3) is 0 Å². The van der Waals surface area contributed by atoms with Crippen molar-refractivity contribution >= 4 is 23.4 Å². The van der Waals surface area contributed by atoms with Gasteiger partial charge in [0.1, 0.15) is 16.5 Å². The number of benzene rings is 1. The van der Waals surface area contributed by atoms with Gasteiger partial charge in [-0.2, -0.15) is 0 Å². The SMILES string of the molecule is Fc1ccc(Sc2cc(Cl)ncn2)cc1F. The molecule has 0 saturated heterocycles. The minimum absolute atomic E-state index is 0.306. The maximum atomic E-state index is 12.9. The molecule has 16 heavy (non-hydrogen) atoms. The number of aromatic nitrogens is 2. The van der Waals surface area contributed by atoms with Gasteiger partial charge in [0.15, 0.2) is 11.6 Å². The summed E-state index contributed by atoms with van der Waals surface area (Å²) in [6.07, 6.45) is 1.31. The van der Waals surface area contributed by atoms with E-state index in [4.69, 9.17) is 11.6 Å². The van der Waals surface area contributed by atoms with Crippen molar-refractivity contribution in [2.24, 2.45) is 0 Å². The topological polar surface area (TPSA) is 25.8 Å². The van der Waals surface area contributed by atoms with Crippen LogP contribution >= 0.6 is 23.4 Å². The molecule has 0 spiro atoms. The van der Waals surface area contributed by atoms with Gasteiger partial charge >= 0.3 is 0 Å². The first kappa shape index (κ1) is 11.3. The van der Waals surface area contributed by atoms with Crippen LogP contribution in [0.3, 0.4) is 0 Å². The summed E-state index contributed by atoms with van der Waals surface area (Å²) in [4.78, 5) is 8.21. The summed E-state index contributed by atoms with van der Waals surface area (Å²) < 4.78 is 25.6. The minimum Gasteiger partial charge on any atom is -0.230 e. The monoisotopic (exact) mass is 258 g/mol. The first-order valence-corrected chi connectivity index (χ1v) is 5.45. The van der Waals surface area contributed by atoms with E-state index >= 15 is 0 Å². The fourth-order valence-corrected chi connectivity index (χ4v) is 2.06. The molecule has 2 aromatic rings. The van der Waals surface area contributed by atoms with Crippen LogP contribution in [-0.4, -0.2) is 9.97 Å². The third kappa shape index (κ3) is 2.68. The van der Waals surface area contributed by atoms with Gasteiger partial charge in [-0.3, -0.25) is 0 Å². The van der Waals surface area contributed by atoms with Gasteiger partial charge in [-0.05, 0) is 18.2 Å². The molecule has 0 amide bonds. The van der Waals surface area contributed by atoms with Gasteiger partial charge in [-0.15, -0.1) is 0 Å². The largest absolute Gasteiger partial charge is 0.230 e. The van der Waals surface area contributed by atoms with E-state index in [1.54, 1.807) is 6.07 Å². The number of rotatable bonds is 2. The molecule has 2 nitrogen and oxygen atoms in total. The Morgan fingerprint density at radius 2 is 1.88 bits per heavy atom. The predicted molar refractivity (Wildman–Crippen MR) is 57.5 cm³/mol. The second-order valence-electron chi connectivity index (χ2n) is 2.86.